The van der Waals surface area contributed by atoms with Gasteiger partial charge >= 0.3 is 0 Å². The molecule has 0 amide bonds. The van der Waals surface area contributed by atoms with Crippen molar-refractivity contribution in [1.29, 1.82) is 0 Å². The third kappa shape index (κ3) is 4.40. The molecular formula is C11H23NO2. The van der Waals surface area contributed by atoms with E-state index in [2.05, 4.69) is 4.90 Å². The summed E-state index contributed by atoms with van der Waals surface area (Å²) in [6.45, 7) is 3.31. The van der Waals surface area contributed by atoms with Crippen LogP contribution in [-0.4, -0.2) is 45.0 Å². The van der Waals surface area contributed by atoms with E-state index >= 15 is 0 Å². The maximum Gasteiger partial charge on any atom is 0.169 e. The Morgan fingerprint density at radius 2 is 1.43 bits per heavy atom. The monoisotopic (exact) mass is 201 g/mol. The Hall–Kier alpha value is -0.120. The topological polar surface area (TPSA) is 21.7 Å². The van der Waals surface area contributed by atoms with Gasteiger partial charge in [0.1, 0.15) is 0 Å². The highest BCUT2D eigenvalue weighted by Gasteiger charge is 2.13. The second-order valence-electron chi connectivity index (χ2n) is 3.97. The van der Waals surface area contributed by atoms with E-state index in [1.54, 1.807) is 14.2 Å². The Balaban J connectivity index is 2.25. The summed E-state index contributed by atoms with van der Waals surface area (Å²) < 4.78 is 10.4. The van der Waals surface area contributed by atoms with Crippen molar-refractivity contribution in [3.63, 3.8) is 0 Å². The fraction of sp³-hybridized carbons (Fsp3) is 1.00. The molecule has 1 aliphatic heterocycles. The Kier molecular flexibility index (Phi) is 6.15. The van der Waals surface area contributed by atoms with Gasteiger partial charge in [0, 0.05) is 20.8 Å². The molecule has 0 aromatic rings. The molecule has 14 heavy (non-hydrogen) atoms. The summed E-state index contributed by atoms with van der Waals surface area (Å²) in [7, 11) is 3.41. The molecule has 0 radical (unpaired) electrons. The summed E-state index contributed by atoms with van der Waals surface area (Å²) in [5.41, 5.74) is 0. The van der Waals surface area contributed by atoms with E-state index < -0.39 is 0 Å². The van der Waals surface area contributed by atoms with Crippen molar-refractivity contribution in [3.8, 4) is 0 Å². The molecular weight excluding hydrogens is 178 g/mol. The van der Waals surface area contributed by atoms with E-state index in [1.807, 2.05) is 0 Å². The van der Waals surface area contributed by atoms with Crippen molar-refractivity contribution in [2.45, 2.75) is 38.4 Å². The highest BCUT2D eigenvalue weighted by atomic mass is 16.7. The van der Waals surface area contributed by atoms with Gasteiger partial charge in [-0.2, -0.15) is 0 Å². The standard InChI is InChI=1S/C11H23NO2/c1-13-11(14-2)10-12-8-6-4-3-5-7-9-12/h11H,3-10H2,1-2H3. The van der Waals surface area contributed by atoms with Gasteiger partial charge in [-0.05, 0) is 25.9 Å². The maximum atomic E-state index is 5.21. The zero-order valence-electron chi connectivity index (χ0n) is 9.50. The first-order valence-electron chi connectivity index (χ1n) is 5.64. The molecule has 0 aromatic heterocycles. The molecule has 3 heteroatoms. The number of rotatable bonds is 4. The highest BCUT2D eigenvalue weighted by molar-refractivity contribution is 4.63. The van der Waals surface area contributed by atoms with Gasteiger partial charge in [-0.1, -0.05) is 19.3 Å². The second kappa shape index (κ2) is 7.21. The average Bonchev–Trinajstić information content (AvgIpc) is 2.16. The van der Waals surface area contributed by atoms with E-state index in [0.29, 0.717) is 0 Å². The van der Waals surface area contributed by atoms with Crippen LogP contribution in [0.1, 0.15) is 32.1 Å². The zero-order chi connectivity index (χ0) is 10.2. The van der Waals surface area contributed by atoms with Crippen molar-refractivity contribution in [3.05, 3.63) is 0 Å². The molecule has 0 bridgehead atoms. The van der Waals surface area contributed by atoms with Gasteiger partial charge in [-0.3, -0.25) is 4.90 Å². The summed E-state index contributed by atoms with van der Waals surface area (Å²) in [6, 6.07) is 0. The van der Waals surface area contributed by atoms with Crippen molar-refractivity contribution >= 4 is 0 Å². The van der Waals surface area contributed by atoms with Gasteiger partial charge in [-0.15, -0.1) is 0 Å². The SMILES string of the molecule is COC(CN1CCCCCCC1)OC. The van der Waals surface area contributed by atoms with E-state index in [1.165, 1.54) is 45.2 Å². The summed E-state index contributed by atoms with van der Waals surface area (Å²) in [6.07, 6.45) is 6.74. The lowest BCUT2D eigenvalue weighted by molar-refractivity contribution is -0.116. The summed E-state index contributed by atoms with van der Waals surface area (Å²) >= 11 is 0. The third-order valence-electron chi connectivity index (χ3n) is 2.88. The minimum Gasteiger partial charge on any atom is -0.355 e. The van der Waals surface area contributed by atoms with Gasteiger partial charge in [0.15, 0.2) is 6.29 Å². The smallest absolute Gasteiger partial charge is 0.169 e. The summed E-state index contributed by atoms with van der Waals surface area (Å²) in [4.78, 5) is 2.46. The molecule has 0 spiro atoms. The first kappa shape index (κ1) is 12.0. The first-order chi connectivity index (χ1) is 6.86. The van der Waals surface area contributed by atoms with Gasteiger partial charge in [0.2, 0.25) is 0 Å². The predicted molar refractivity (Wildman–Crippen MR) is 57.3 cm³/mol. The number of nitrogens with zero attached hydrogens (tertiary/aromatic N) is 1. The van der Waals surface area contributed by atoms with E-state index in [-0.39, 0.29) is 6.29 Å². The van der Waals surface area contributed by atoms with E-state index in [4.69, 9.17) is 9.47 Å². The van der Waals surface area contributed by atoms with Crippen LogP contribution in [0.25, 0.3) is 0 Å². The molecule has 0 N–H and O–H groups in total. The van der Waals surface area contributed by atoms with Crippen LogP contribution in [0.4, 0.5) is 0 Å². The fourth-order valence-corrected chi connectivity index (χ4v) is 1.95. The third-order valence-corrected chi connectivity index (χ3v) is 2.88. The summed E-state index contributed by atoms with van der Waals surface area (Å²) in [5, 5.41) is 0. The van der Waals surface area contributed by atoms with Crippen LogP contribution < -0.4 is 0 Å². The molecule has 1 heterocycles. The molecule has 0 saturated carbocycles. The van der Waals surface area contributed by atoms with E-state index in [0.717, 1.165) is 6.54 Å². The largest absolute Gasteiger partial charge is 0.355 e. The Labute approximate surface area is 87.4 Å². The molecule has 1 rings (SSSR count). The molecule has 0 unspecified atom stereocenters. The molecule has 0 aromatic carbocycles. The Morgan fingerprint density at radius 1 is 0.929 bits per heavy atom. The predicted octanol–water partition coefficient (Wildman–Crippen LogP) is 1.87. The molecule has 1 aliphatic rings. The zero-order valence-corrected chi connectivity index (χ0v) is 9.50. The van der Waals surface area contributed by atoms with Gasteiger partial charge in [0.05, 0.1) is 0 Å². The van der Waals surface area contributed by atoms with Crippen LogP contribution in [0.15, 0.2) is 0 Å². The molecule has 3 nitrogen and oxygen atoms in total. The van der Waals surface area contributed by atoms with Crippen LogP contribution in [0.2, 0.25) is 0 Å². The molecule has 1 fully saturated rings. The first-order valence-corrected chi connectivity index (χ1v) is 5.64. The number of hydrogen-bond acceptors (Lipinski definition) is 3. The Morgan fingerprint density at radius 3 is 1.93 bits per heavy atom. The van der Waals surface area contributed by atoms with Crippen LogP contribution >= 0.6 is 0 Å². The average molecular weight is 201 g/mol. The number of ether oxygens (including phenoxy) is 2. The van der Waals surface area contributed by atoms with E-state index in [9.17, 15) is 0 Å². The molecule has 1 saturated heterocycles. The van der Waals surface area contributed by atoms with Crippen molar-refractivity contribution in [2.75, 3.05) is 33.9 Å². The normalized spacial score (nSPS) is 20.8. The highest BCUT2D eigenvalue weighted by Crippen LogP contribution is 2.11. The molecule has 0 atom stereocenters. The quantitative estimate of drug-likeness (QED) is 0.648. The van der Waals surface area contributed by atoms with Crippen molar-refractivity contribution in [2.24, 2.45) is 0 Å². The van der Waals surface area contributed by atoms with Crippen molar-refractivity contribution < 1.29 is 9.47 Å². The second-order valence-corrected chi connectivity index (χ2v) is 3.97. The summed E-state index contributed by atoms with van der Waals surface area (Å²) in [5.74, 6) is 0. The minimum atomic E-state index is -0.0607. The number of methoxy groups -OCH3 is 2. The fourth-order valence-electron chi connectivity index (χ4n) is 1.95. The molecule has 0 aliphatic carbocycles. The van der Waals surface area contributed by atoms with Gasteiger partial charge in [0.25, 0.3) is 0 Å². The lowest BCUT2D eigenvalue weighted by Gasteiger charge is -2.27. The van der Waals surface area contributed by atoms with Gasteiger partial charge < -0.3 is 9.47 Å². The van der Waals surface area contributed by atoms with Crippen LogP contribution in [-0.2, 0) is 9.47 Å². The van der Waals surface area contributed by atoms with Crippen molar-refractivity contribution in [1.82, 2.24) is 4.90 Å². The van der Waals surface area contributed by atoms with Crippen LogP contribution in [0.3, 0.4) is 0 Å². The van der Waals surface area contributed by atoms with Crippen LogP contribution in [0.5, 0.6) is 0 Å². The van der Waals surface area contributed by atoms with Crippen LogP contribution in [0, 0.1) is 0 Å². The Bertz CT molecular complexity index is 129. The molecule has 84 valence electrons. The number of likely N-dealkylation sites (tertiary alicyclic amines) is 1. The lowest BCUT2D eigenvalue weighted by atomic mass is 10.1. The lowest BCUT2D eigenvalue weighted by Crippen LogP contribution is -2.36. The minimum absolute atomic E-state index is 0.0607. The maximum absolute atomic E-state index is 5.21. The number of hydrogen-bond donors (Lipinski definition) is 0. The van der Waals surface area contributed by atoms with Gasteiger partial charge in [-0.25, -0.2) is 0 Å².